The Hall–Kier alpha value is -2.73. The van der Waals surface area contributed by atoms with Crippen molar-refractivity contribution in [2.45, 2.75) is 32.4 Å². The molecule has 0 heterocycles. The van der Waals surface area contributed by atoms with Gasteiger partial charge in [0, 0.05) is 40.1 Å². The van der Waals surface area contributed by atoms with Gasteiger partial charge in [0.25, 0.3) is 5.91 Å². The second-order valence-electron chi connectivity index (χ2n) is 7.96. The van der Waals surface area contributed by atoms with Crippen molar-refractivity contribution in [3.05, 3.63) is 99.0 Å². The van der Waals surface area contributed by atoms with Gasteiger partial charge in [0.2, 0.25) is 5.91 Å². The number of carbonyl (C=O) groups excluding carboxylic acids is 2. The van der Waals surface area contributed by atoms with Crippen molar-refractivity contribution in [3.8, 4) is 5.75 Å². The molecule has 0 saturated carbocycles. The first-order chi connectivity index (χ1) is 16.9. The van der Waals surface area contributed by atoms with Crippen molar-refractivity contribution in [2.75, 3.05) is 13.2 Å². The van der Waals surface area contributed by atoms with E-state index in [1.807, 2.05) is 37.3 Å². The molecule has 5 nitrogen and oxygen atoms in total. The van der Waals surface area contributed by atoms with Crippen LogP contribution in [0.25, 0.3) is 0 Å². The van der Waals surface area contributed by atoms with Crippen LogP contribution < -0.4 is 10.1 Å². The number of nitrogens with one attached hydrogen (secondary N) is 1. The van der Waals surface area contributed by atoms with Crippen molar-refractivity contribution >= 4 is 46.6 Å². The number of rotatable bonds is 11. The molecule has 3 aromatic rings. The molecule has 8 heteroatoms. The van der Waals surface area contributed by atoms with Gasteiger partial charge in [-0.3, -0.25) is 9.59 Å². The first-order valence-corrected chi connectivity index (χ1v) is 12.4. The molecule has 0 aliphatic heterocycles. The van der Waals surface area contributed by atoms with Crippen molar-refractivity contribution in [2.24, 2.45) is 0 Å². The van der Waals surface area contributed by atoms with E-state index in [1.165, 1.54) is 4.90 Å². The predicted molar refractivity (Wildman–Crippen MR) is 141 cm³/mol. The molecular formula is C27H27Cl3N2O3. The van der Waals surface area contributed by atoms with Crippen molar-refractivity contribution < 1.29 is 14.3 Å². The Kier molecular flexibility index (Phi) is 10.3. The lowest BCUT2D eigenvalue weighted by Crippen LogP contribution is -2.51. The smallest absolute Gasteiger partial charge is 0.261 e. The molecule has 1 atom stereocenters. The number of hydrogen-bond donors (Lipinski definition) is 1. The van der Waals surface area contributed by atoms with Crippen LogP contribution >= 0.6 is 34.8 Å². The molecule has 0 bridgehead atoms. The highest BCUT2D eigenvalue weighted by Crippen LogP contribution is 2.27. The summed E-state index contributed by atoms with van der Waals surface area (Å²) in [4.78, 5) is 28.3. The summed E-state index contributed by atoms with van der Waals surface area (Å²) in [7, 11) is 0. The highest BCUT2D eigenvalue weighted by atomic mass is 35.5. The topological polar surface area (TPSA) is 58.6 Å². The Morgan fingerprint density at radius 2 is 1.57 bits per heavy atom. The molecule has 0 radical (unpaired) electrons. The van der Waals surface area contributed by atoms with Gasteiger partial charge in [0.1, 0.15) is 11.8 Å². The molecule has 3 rings (SSSR count). The van der Waals surface area contributed by atoms with Gasteiger partial charge < -0.3 is 15.0 Å². The minimum Gasteiger partial charge on any atom is -0.484 e. The molecule has 0 aliphatic rings. The molecule has 35 heavy (non-hydrogen) atoms. The average Bonchev–Trinajstić information content (AvgIpc) is 2.86. The van der Waals surface area contributed by atoms with Gasteiger partial charge in [0.15, 0.2) is 6.61 Å². The molecule has 2 amide bonds. The number of benzene rings is 3. The van der Waals surface area contributed by atoms with E-state index in [0.29, 0.717) is 39.3 Å². The summed E-state index contributed by atoms with van der Waals surface area (Å²) in [6, 6.07) is 20.6. The van der Waals surface area contributed by atoms with Crippen LogP contribution in [0.4, 0.5) is 0 Å². The molecule has 0 fully saturated rings. The van der Waals surface area contributed by atoms with Crippen molar-refractivity contribution in [1.29, 1.82) is 0 Å². The van der Waals surface area contributed by atoms with E-state index in [2.05, 4.69) is 5.32 Å². The SMILES string of the molecule is CCCNC(=O)C(Cc1ccccc1)N(Cc1c(Cl)cccc1Cl)C(=O)COc1ccc(Cl)cc1. The molecule has 0 spiro atoms. The van der Waals surface area contributed by atoms with E-state index in [1.54, 1.807) is 42.5 Å². The van der Waals surface area contributed by atoms with Crippen LogP contribution in [0.5, 0.6) is 5.75 Å². The number of ether oxygens (including phenoxy) is 1. The summed E-state index contributed by atoms with van der Waals surface area (Å²) < 4.78 is 5.72. The lowest BCUT2D eigenvalue weighted by Gasteiger charge is -2.32. The quantitative estimate of drug-likeness (QED) is 0.320. The van der Waals surface area contributed by atoms with Gasteiger partial charge in [-0.15, -0.1) is 0 Å². The van der Waals surface area contributed by atoms with Crippen LogP contribution in [0.2, 0.25) is 15.1 Å². The van der Waals surface area contributed by atoms with E-state index in [4.69, 9.17) is 39.5 Å². The largest absolute Gasteiger partial charge is 0.484 e. The Morgan fingerprint density at radius 1 is 0.914 bits per heavy atom. The van der Waals surface area contributed by atoms with E-state index in [9.17, 15) is 9.59 Å². The van der Waals surface area contributed by atoms with Gasteiger partial charge >= 0.3 is 0 Å². The fourth-order valence-electron chi connectivity index (χ4n) is 3.53. The standard InChI is InChI=1S/C27H27Cl3N2O3/c1-2-15-31-27(34)25(16-19-7-4-3-5-8-19)32(17-22-23(29)9-6-10-24(22)30)26(33)18-35-21-13-11-20(28)12-14-21/h3-14,25H,2,15-18H2,1H3,(H,31,34). The zero-order valence-electron chi connectivity index (χ0n) is 19.3. The van der Waals surface area contributed by atoms with Gasteiger partial charge in [-0.25, -0.2) is 0 Å². The van der Waals surface area contributed by atoms with Crippen LogP contribution in [0.15, 0.2) is 72.8 Å². The fraction of sp³-hybridized carbons (Fsp3) is 0.259. The monoisotopic (exact) mass is 532 g/mol. The third-order valence-corrected chi connectivity index (χ3v) is 6.35. The Morgan fingerprint density at radius 3 is 2.20 bits per heavy atom. The van der Waals surface area contributed by atoms with Gasteiger partial charge in [-0.2, -0.15) is 0 Å². The van der Waals surface area contributed by atoms with Gasteiger partial charge in [-0.1, -0.05) is 78.1 Å². The van der Waals surface area contributed by atoms with Crippen LogP contribution in [0.1, 0.15) is 24.5 Å². The van der Waals surface area contributed by atoms with Crippen LogP contribution in [-0.2, 0) is 22.6 Å². The Balaban J connectivity index is 1.93. The third kappa shape index (κ3) is 7.89. The molecule has 0 aromatic heterocycles. The average molecular weight is 534 g/mol. The Labute approximate surface area is 220 Å². The van der Waals surface area contributed by atoms with E-state index >= 15 is 0 Å². The summed E-state index contributed by atoms with van der Waals surface area (Å²) in [6.45, 7) is 2.26. The third-order valence-electron chi connectivity index (χ3n) is 5.39. The normalized spacial score (nSPS) is 11.5. The Bertz CT molecular complexity index is 1100. The second kappa shape index (κ2) is 13.4. The molecule has 3 aromatic carbocycles. The first-order valence-electron chi connectivity index (χ1n) is 11.3. The molecule has 184 valence electrons. The maximum Gasteiger partial charge on any atom is 0.261 e. The van der Waals surface area contributed by atoms with Gasteiger partial charge in [-0.05, 0) is 48.4 Å². The van der Waals surface area contributed by atoms with Crippen molar-refractivity contribution in [3.63, 3.8) is 0 Å². The highest BCUT2D eigenvalue weighted by Gasteiger charge is 2.31. The van der Waals surface area contributed by atoms with Crippen LogP contribution in [-0.4, -0.2) is 35.9 Å². The second-order valence-corrected chi connectivity index (χ2v) is 9.21. The summed E-state index contributed by atoms with van der Waals surface area (Å²) in [5, 5.41) is 4.33. The molecule has 1 unspecified atom stereocenters. The number of halogens is 3. The number of amides is 2. The molecular weight excluding hydrogens is 507 g/mol. The van der Waals surface area contributed by atoms with Crippen molar-refractivity contribution in [1.82, 2.24) is 10.2 Å². The first kappa shape index (κ1) is 26.9. The maximum absolute atomic E-state index is 13.5. The van der Waals surface area contributed by atoms with Crippen LogP contribution in [0.3, 0.4) is 0 Å². The predicted octanol–water partition coefficient (Wildman–Crippen LogP) is 6.19. The molecule has 0 aliphatic carbocycles. The zero-order chi connectivity index (χ0) is 25.2. The highest BCUT2D eigenvalue weighted by molar-refractivity contribution is 6.36. The number of hydrogen-bond acceptors (Lipinski definition) is 3. The molecule has 0 saturated heterocycles. The summed E-state index contributed by atoms with van der Waals surface area (Å²) in [5.74, 6) is -0.129. The van der Waals surface area contributed by atoms with Gasteiger partial charge in [0.05, 0.1) is 0 Å². The summed E-state index contributed by atoms with van der Waals surface area (Å²) in [5.41, 5.74) is 1.49. The maximum atomic E-state index is 13.5. The number of carbonyl (C=O) groups is 2. The lowest BCUT2D eigenvalue weighted by molar-refractivity contribution is -0.142. The molecule has 1 N–H and O–H groups in total. The minimum absolute atomic E-state index is 0.0539. The lowest BCUT2D eigenvalue weighted by atomic mass is 10.0. The zero-order valence-corrected chi connectivity index (χ0v) is 21.6. The summed E-state index contributed by atoms with van der Waals surface area (Å²) >= 11 is 18.8. The van der Waals surface area contributed by atoms with E-state index in [-0.39, 0.29) is 25.0 Å². The number of nitrogens with zero attached hydrogens (tertiary/aromatic N) is 1. The minimum atomic E-state index is -0.794. The van der Waals surface area contributed by atoms with E-state index < -0.39 is 6.04 Å². The summed E-state index contributed by atoms with van der Waals surface area (Å²) in [6.07, 6.45) is 1.10. The fourth-order valence-corrected chi connectivity index (χ4v) is 4.18. The van der Waals surface area contributed by atoms with E-state index in [0.717, 1.165) is 12.0 Å². The van der Waals surface area contributed by atoms with Crippen LogP contribution in [0, 0.1) is 0 Å².